The minimum absolute atomic E-state index is 0.183. The molecule has 1 atom stereocenters. The van der Waals surface area contributed by atoms with Crippen molar-refractivity contribution in [2.45, 2.75) is 26.8 Å². The van der Waals surface area contributed by atoms with Gasteiger partial charge in [0, 0.05) is 22.4 Å². The number of hydrogen-bond donors (Lipinski definition) is 2. The number of ether oxygens (including phenoxy) is 1. The third-order valence-electron chi connectivity index (χ3n) is 4.87. The molecule has 0 radical (unpaired) electrons. The number of fused-ring (bicyclic) bond motifs is 1. The van der Waals surface area contributed by atoms with Crippen LogP contribution in [0.4, 0.5) is 5.69 Å². The van der Waals surface area contributed by atoms with Gasteiger partial charge in [-0.05, 0) is 62.0 Å². The SMILES string of the molecule is C=C1C=C(/C(C=P)=C/C)Oc2c1cc(C)cc2C(C)Nc1ccccc1C(=O)O. The summed E-state index contributed by atoms with van der Waals surface area (Å²) in [6.45, 7) is 10.2. The van der Waals surface area contributed by atoms with Crippen LogP contribution in [0.5, 0.6) is 5.75 Å². The summed E-state index contributed by atoms with van der Waals surface area (Å²) < 4.78 is 6.28. The number of para-hydroxylation sites is 1. The van der Waals surface area contributed by atoms with E-state index in [1.807, 2.05) is 44.8 Å². The number of anilines is 1. The van der Waals surface area contributed by atoms with E-state index in [0.29, 0.717) is 11.4 Å². The van der Waals surface area contributed by atoms with Gasteiger partial charge in [0.2, 0.25) is 0 Å². The number of carboxylic acids is 1. The maximum Gasteiger partial charge on any atom is 0.337 e. The van der Waals surface area contributed by atoms with Crippen LogP contribution < -0.4 is 10.1 Å². The van der Waals surface area contributed by atoms with Crippen LogP contribution in [0.15, 0.2) is 66.5 Å². The molecule has 0 fully saturated rings. The number of aryl methyl sites for hydroxylation is 1. The average molecular weight is 405 g/mol. The number of rotatable bonds is 6. The van der Waals surface area contributed by atoms with Gasteiger partial charge < -0.3 is 15.2 Å². The Morgan fingerprint density at radius 2 is 2.03 bits per heavy atom. The first-order valence-corrected chi connectivity index (χ1v) is 9.92. The van der Waals surface area contributed by atoms with E-state index in [1.165, 1.54) is 0 Å². The maximum atomic E-state index is 11.6. The summed E-state index contributed by atoms with van der Waals surface area (Å²) in [5.74, 6) is 2.29. The molecular formula is C24H24NO3P. The molecule has 0 spiro atoms. The molecule has 148 valence electrons. The summed E-state index contributed by atoms with van der Waals surface area (Å²) in [6, 6.07) is 10.8. The highest BCUT2D eigenvalue weighted by Gasteiger charge is 2.24. The summed E-state index contributed by atoms with van der Waals surface area (Å²) in [4.78, 5) is 11.6. The molecule has 2 aromatic rings. The van der Waals surface area contributed by atoms with Crippen LogP contribution in [0.1, 0.15) is 46.9 Å². The number of carboxylic acid groups (broad SMARTS) is 1. The highest BCUT2D eigenvalue weighted by Crippen LogP contribution is 2.41. The summed E-state index contributed by atoms with van der Waals surface area (Å²) in [5.41, 5.74) is 5.55. The normalized spacial score (nSPS) is 14.4. The van der Waals surface area contributed by atoms with Crippen molar-refractivity contribution in [1.82, 2.24) is 0 Å². The van der Waals surface area contributed by atoms with Crippen molar-refractivity contribution in [3.8, 4) is 5.75 Å². The van der Waals surface area contributed by atoms with Gasteiger partial charge in [-0.3, -0.25) is 0 Å². The molecule has 29 heavy (non-hydrogen) atoms. The number of nitrogens with one attached hydrogen (secondary N) is 1. The van der Waals surface area contributed by atoms with E-state index in [-0.39, 0.29) is 11.6 Å². The third-order valence-corrected chi connectivity index (χ3v) is 5.18. The Morgan fingerprint density at radius 1 is 1.31 bits per heavy atom. The monoisotopic (exact) mass is 405 g/mol. The quantitative estimate of drug-likeness (QED) is 0.575. The number of hydrogen-bond acceptors (Lipinski definition) is 3. The van der Waals surface area contributed by atoms with Gasteiger partial charge in [0.05, 0.1) is 11.6 Å². The molecule has 2 aromatic carbocycles. The van der Waals surface area contributed by atoms with Crippen LogP contribution in [0.25, 0.3) is 5.57 Å². The summed E-state index contributed by atoms with van der Waals surface area (Å²) in [7, 11) is 3.44. The zero-order valence-corrected chi connectivity index (χ0v) is 17.7. The summed E-state index contributed by atoms with van der Waals surface area (Å²) in [6.07, 6.45) is 3.88. The van der Waals surface area contributed by atoms with Crippen LogP contribution in [-0.2, 0) is 0 Å². The molecule has 1 unspecified atom stereocenters. The lowest BCUT2D eigenvalue weighted by Crippen LogP contribution is -2.15. The van der Waals surface area contributed by atoms with Crippen molar-refractivity contribution in [1.29, 1.82) is 0 Å². The second kappa shape index (κ2) is 8.50. The molecule has 0 aromatic heterocycles. The minimum Gasteiger partial charge on any atom is -0.478 e. The van der Waals surface area contributed by atoms with Crippen LogP contribution in [-0.4, -0.2) is 16.9 Å². The second-order valence-electron chi connectivity index (χ2n) is 6.97. The Labute approximate surface area is 173 Å². The van der Waals surface area contributed by atoms with E-state index in [2.05, 4.69) is 32.9 Å². The van der Waals surface area contributed by atoms with Gasteiger partial charge in [0.15, 0.2) is 0 Å². The molecule has 0 amide bonds. The molecule has 1 aliphatic rings. The van der Waals surface area contributed by atoms with Crippen LogP contribution in [0.2, 0.25) is 0 Å². The molecule has 0 saturated heterocycles. The first-order chi connectivity index (χ1) is 13.8. The van der Waals surface area contributed by atoms with Gasteiger partial charge in [-0.1, -0.05) is 30.9 Å². The first-order valence-electron chi connectivity index (χ1n) is 9.35. The molecule has 3 rings (SSSR count). The predicted molar refractivity (Wildman–Crippen MR) is 122 cm³/mol. The maximum absolute atomic E-state index is 11.6. The zero-order valence-electron chi connectivity index (χ0n) is 16.7. The minimum atomic E-state index is -0.966. The van der Waals surface area contributed by atoms with E-state index in [1.54, 1.807) is 18.2 Å². The Kier molecular flexibility index (Phi) is 6.05. The Hall–Kier alpha value is -3.10. The predicted octanol–water partition coefficient (Wildman–Crippen LogP) is 6.05. The topological polar surface area (TPSA) is 58.6 Å². The van der Waals surface area contributed by atoms with E-state index < -0.39 is 5.97 Å². The first kappa shape index (κ1) is 20.6. The van der Waals surface area contributed by atoms with Gasteiger partial charge in [-0.25, -0.2) is 4.79 Å². The molecule has 5 heteroatoms. The van der Waals surface area contributed by atoms with Crippen molar-refractivity contribution < 1.29 is 14.6 Å². The lowest BCUT2D eigenvalue weighted by atomic mass is 9.93. The van der Waals surface area contributed by atoms with Crippen molar-refractivity contribution in [2.24, 2.45) is 0 Å². The Morgan fingerprint density at radius 3 is 2.69 bits per heavy atom. The van der Waals surface area contributed by atoms with Gasteiger partial charge in [0.1, 0.15) is 11.5 Å². The van der Waals surface area contributed by atoms with E-state index in [4.69, 9.17) is 4.74 Å². The Bertz CT molecular complexity index is 1070. The fourth-order valence-corrected chi connectivity index (χ4v) is 3.71. The highest BCUT2D eigenvalue weighted by molar-refractivity contribution is 7.19. The van der Waals surface area contributed by atoms with Gasteiger partial charge >= 0.3 is 5.97 Å². The number of benzene rings is 2. The standard InChI is InChI=1S/C24H24NO3P/c1-5-17(13-29)22-12-15(3)19-10-14(2)11-20(23(19)28-22)16(4)25-21-9-7-6-8-18(21)24(26)27/h5-13,16,25,29H,3H2,1-2,4H3,(H,26,27)/b17-5+. The van der Waals surface area contributed by atoms with Crippen LogP contribution in [0.3, 0.4) is 0 Å². The van der Waals surface area contributed by atoms with Crippen molar-refractivity contribution in [2.75, 3.05) is 5.32 Å². The van der Waals surface area contributed by atoms with Gasteiger partial charge in [0.25, 0.3) is 0 Å². The largest absolute Gasteiger partial charge is 0.478 e. The molecule has 4 nitrogen and oxygen atoms in total. The number of allylic oxidation sites excluding steroid dienone is 4. The van der Waals surface area contributed by atoms with Gasteiger partial charge in [-0.2, -0.15) is 0 Å². The van der Waals surface area contributed by atoms with Gasteiger partial charge in [-0.15, -0.1) is 8.86 Å². The molecule has 2 N–H and O–H groups in total. The summed E-state index contributed by atoms with van der Waals surface area (Å²) in [5, 5.41) is 12.8. The Balaban J connectivity index is 2.04. The van der Waals surface area contributed by atoms with Crippen molar-refractivity contribution >= 4 is 31.9 Å². The zero-order chi connectivity index (χ0) is 21.1. The van der Waals surface area contributed by atoms with Crippen LogP contribution >= 0.6 is 8.86 Å². The van der Waals surface area contributed by atoms with E-state index >= 15 is 0 Å². The number of carbonyl (C=O) groups is 1. The number of aromatic carboxylic acids is 1. The lowest BCUT2D eigenvalue weighted by molar-refractivity contribution is 0.0698. The van der Waals surface area contributed by atoms with Crippen molar-refractivity contribution in [3.05, 3.63) is 88.7 Å². The molecule has 0 bridgehead atoms. The molecular weight excluding hydrogens is 381 g/mol. The average Bonchev–Trinajstić information content (AvgIpc) is 2.69. The molecule has 1 heterocycles. The third kappa shape index (κ3) is 4.18. The van der Waals surface area contributed by atoms with Crippen molar-refractivity contribution in [3.63, 3.8) is 0 Å². The molecule has 0 aliphatic carbocycles. The molecule has 0 saturated carbocycles. The van der Waals surface area contributed by atoms with Crippen LogP contribution in [0, 0.1) is 6.92 Å². The molecule has 1 aliphatic heterocycles. The second-order valence-corrected chi connectivity index (χ2v) is 7.26. The fourth-order valence-electron chi connectivity index (χ4n) is 3.40. The lowest BCUT2D eigenvalue weighted by Gasteiger charge is -2.27. The highest BCUT2D eigenvalue weighted by atomic mass is 31.0. The van der Waals surface area contributed by atoms with E-state index in [0.717, 1.165) is 33.6 Å². The summed E-state index contributed by atoms with van der Waals surface area (Å²) >= 11 is 0. The van der Waals surface area contributed by atoms with E-state index in [9.17, 15) is 9.90 Å². The fraction of sp³-hybridized carbons (Fsp3) is 0.167. The smallest absolute Gasteiger partial charge is 0.337 e.